The standard InChI is InChI=1S/C23H27N3O2/c1-23(13-8-14-26(23)21(27)18-11-6-3-7-12-18)22(28)25-15-19(20(24)16-25)17-9-4-2-5-10-17/h2-7,9-12,19-20H,8,13-16,24H2,1H3/t19-,20+,23?/m0/s1. The fourth-order valence-corrected chi connectivity index (χ4v) is 4.64. The van der Waals surface area contributed by atoms with Gasteiger partial charge in [0.15, 0.2) is 0 Å². The van der Waals surface area contributed by atoms with Gasteiger partial charge in [0.05, 0.1) is 0 Å². The molecule has 146 valence electrons. The molecule has 2 aliphatic rings. The number of nitrogens with zero attached hydrogens (tertiary/aromatic N) is 2. The van der Waals surface area contributed by atoms with Crippen LogP contribution >= 0.6 is 0 Å². The Kier molecular flexibility index (Phi) is 4.94. The Morgan fingerprint density at radius 3 is 2.32 bits per heavy atom. The Morgan fingerprint density at radius 2 is 1.64 bits per heavy atom. The molecule has 0 spiro atoms. The lowest BCUT2D eigenvalue weighted by Crippen LogP contribution is -2.56. The third-order valence-electron chi connectivity index (χ3n) is 6.25. The molecule has 0 aliphatic carbocycles. The Balaban J connectivity index is 1.54. The lowest BCUT2D eigenvalue weighted by molar-refractivity contribution is -0.139. The lowest BCUT2D eigenvalue weighted by atomic mass is 9.94. The van der Waals surface area contributed by atoms with E-state index in [1.54, 1.807) is 4.90 Å². The van der Waals surface area contributed by atoms with Crippen LogP contribution < -0.4 is 5.73 Å². The number of carbonyl (C=O) groups excluding carboxylic acids is 2. The summed E-state index contributed by atoms with van der Waals surface area (Å²) in [6, 6.07) is 19.3. The van der Waals surface area contributed by atoms with E-state index < -0.39 is 5.54 Å². The van der Waals surface area contributed by atoms with Crippen LogP contribution in [0.15, 0.2) is 60.7 Å². The molecule has 2 aliphatic heterocycles. The summed E-state index contributed by atoms with van der Waals surface area (Å²) in [7, 11) is 0. The number of nitrogens with two attached hydrogens (primary N) is 1. The fourth-order valence-electron chi connectivity index (χ4n) is 4.64. The van der Waals surface area contributed by atoms with Crippen LogP contribution in [-0.2, 0) is 4.79 Å². The van der Waals surface area contributed by atoms with E-state index in [-0.39, 0.29) is 23.8 Å². The van der Waals surface area contributed by atoms with Gasteiger partial charge in [0.1, 0.15) is 5.54 Å². The van der Waals surface area contributed by atoms with Crippen molar-refractivity contribution in [1.82, 2.24) is 9.80 Å². The summed E-state index contributed by atoms with van der Waals surface area (Å²) in [5.74, 6) is 0.0774. The topological polar surface area (TPSA) is 66.6 Å². The van der Waals surface area contributed by atoms with Crippen LogP contribution in [0.2, 0.25) is 0 Å². The van der Waals surface area contributed by atoms with Gasteiger partial charge >= 0.3 is 0 Å². The number of hydrogen-bond acceptors (Lipinski definition) is 3. The van der Waals surface area contributed by atoms with Crippen LogP contribution in [0.5, 0.6) is 0 Å². The van der Waals surface area contributed by atoms with Crippen molar-refractivity contribution >= 4 is 11.8 Å². The third kappa shape index (κ3) is 3.20. The molecule has 0 radical (unpaired) electrons. The van der Waals surface area contributed by atoms with E-state index in [1.807, 2.05) is 60.4 Å². The Bertz CT molecular complexity index is 855. The quantitative estimate of drug-likeness (QED) is 0.894. The van der Waals surface area contributed by atoms with Crippen LogP contribution in [0, 0.1) is 0 Å². The number of likely N-dealkylation sites (tertiary alicyclic amines) is 2. The van der Waals surface area contributed by atoms with Crippen LogP contribution in [0.3, 0.4) is 0 Å². The average molecular weight is 377 g/mol. The van der Waals surface area contributed by atoms with Gasteiger partial charge in [-0.25, -0.2) is 0 Å². The highest BCUT2D eigenvalue weighted by Gasteiger charge is 2.49. The molecular weight excluding hydrogens is 350 g/mol. The molecule has 2 amide bonds. The van der Waals surface area contributed by atoms with Crippen molar-refractivity contribution in [3.8, 4) is 0 Å². The second-order valence-corrected chi connectivity index (χ2v) is 8.09. The zero-order valence-electron chi connectivity index (χ0n) is 16.3. The average Bonchev–Trinajstić information content (AvgIpc) is 3.32. The summed E-state index contributed by atoms with van der Waals surface area (Å²) in [5, 5.41) is 0. The number of amides is 2. The molecule has 5 heteroatoms. The molecule has 2 heterocycles. The second-order valence-electron chi connectivity index (χ2n) is 8.09. The summed E-state index contributed by atoms with van der Waals surface area (Å²) in [6.07, 6.45) is 1.52. The van der Waals surface area contributed by atoms with E-state index >= 15 is 0 Å². The van der Waals surface area contributed by atoms with Gasteiger partial charge in [-0.1, -0.05) is 48.5 Å². The molecule has 0 bridgehead atoms. The van der Waals surface area contributed by atoms with Crippen molar-refractivity contribution in [2.75, 3.05) is 19.6 Å². The maximum Gasteiger partial charge on any atom is 0.254 e. The lowest BCUT2D eigenvalue weighted by Gasteiger charge is -2.37. The summed E-state index contributed by atoms with van der Waals surface area (Å²) in [4.78, 5) is 30.2. The first kappa shape index (κ1) is 18.7. The monoisotopic (exact) mass is 377 g/mol. The highest BCUT2D eigenvalue weighted by molar-refractivity contribution is 5.99. The molecule has 2 saturated heterocycles. The van der Waals surface area contributed by atoms with E-state index in [0.717, 1.165) is 6.42 Å². The van der Waals surface area contributed by atoms with Gasteiger partial charge in [0, 0.05) is 37.2 Å². The number of hydrogen-bond donors (Lipinski definition) is 1. The smallest absolute Gasteiger partial charge is 0.254 e. The fraction of sp³-hybridized carbons (Fsp3) is 0.391. The molecule has 3 atom stereocenters. The minimum atomic E-state index is -0.807. The van der Waals surface area contributed by atoms with Gasteiger partial charge in [-0.15, -0.1) is 0 Å². The maximum atomic E-state index is 13.5. The molecule has 4 rings (SSSR count). The van der Waals surface area contributed by atoms with Gasteiger partial charge in [0.25, 0.3) is 5.91 Å². The Labute approximate surface area is 166 Å². The Hall–Kier alpha value is -2.66. The highest BCUT2D eigenvalue weighted by Crippen LogP contribution is 2.35. The molecule has 2 aromatic rings. The first-order valence-electron chi connectivity index (χ1n) is 9.97. The molecule has 2 N–H and O–H groups in total. The van der Waals surface area contributed by atoms with E-state index in [2.05, 4.69) is 12.1 Å². The summed E-state index contributed by atoms with van der Waals surface area (Å²) >= 11 is 0. The van der Waals surface area contributed by atoms with Crippen LogP contribution in [-0.4, -0.2) is 52.8 Å². The molecule has 0 saturated carbocycles. The first-order chi connectivity index (χ1) is 13.5. The predicted octanol–water partition coefficient (Wildman–Crippen LogP) is 2.63. The molecule has 2 aromatic carbocycles. The first-order valence-corrected chi connectivity index (χ1v) is 9.97. The van der Waals surface area contributed by atoms with E-state index in [1.165, 1.54) is 5.56 Å². The van der Waals surface area contributed by atoms with Gasteiger partial charge in [0.2, 0.25) is 5.91 Å². The Morgan fingerprint density at radius 1 is 1.00 bits per heavy atom. The molecule has 28 heavy (non-hydrogen) atoms. The van der Waals surface area contributed by atoms with Gasteiger partial charge < -0.3 is 15.5 Å². The second kappa shape index (κ2) is 7.40. The van der Waals surface area contributed by atoms with Gasteiger partial charge in [-0.05, 0) is 37.5 Å². The minimum Gasteiger partial charge on any atom is -0.338 e. The molecule has 2 fully saturated rings. The SMILES string of the molecule is CC1(C(=O)N2C[C@@H](N)[C@H](c3ccccc3)C2)CCCN1C(=O)c1ccccc1. The zero-order valence-corrected chi connectivity index (χ0v) is 16.3. The van der Waals surface area contributed by atoms with E-state index in [0.29, 0.717) is 31.6 Å². The molecule has 1 unspecified atom stereocenters. The normalized spacial score (nSPS) is 27.2. The van der Waals surface area contributed by atoms with Gasteiger partial charge in [-0.3, -0.25) is 9.59 Å². The summed E-state index contributed by atoms with van der Waals surface area (Å²) < 4.78 is 0. The maximum absolute atomic E-state index is 13.5. The number of rotatable bonds is 3. The number of carbonyl (C=O) groups is 2. The molecule has 0 aromatic heterocycles. The van der Waals surface area contributed by atoms with E-state index in [9.17, 15) is 9.59 Å². The van der Waals surface area contributed by atoms with Crippen molar-refractivity contribution in [3.05, 3.63) is 71.8 Å². The third-order valence-corrected chi connectivity index (χ3v) is 6.25. The predicted molar refractivity (Wildman–Crippen MR) is 109 cm³/mol. The molecule has 5 nitrogen and oxygen atoms in total. The largest absolute Gasteiger partial charge is 0.338 e. The van der Waals surface area contributed by atoms with Crippen molar-refractivity contribution in [2.24, 2.45) is 5.73 Å². The van der Waals surface area contributed by atoms with E-state index in [4.69, 9.17) is 5.73 Å². The highest BCUT2D eigenvalue weighted by atomic mass is 16.2. The van der Waals surface area contributed by atoms with Crippen LogP contribution in [0.1, 0.15) is 41.6 Å². The molecular formula is C23H27N3O2. The summed E-state index contributed by atoms with van der Waals surface area (Å²) in [5.41, 5.74) is 7.38. The van der Waals surface area contributed by atoms with Crippen LogP contribution in [0.4, 0.5) is 0 Å². The van der Waals surface area contributed by atoms with Gasteiger partial charge in [-0.2, -0.15) is 0 Å². The zero-order chi connectivity index (χ0) is 19.7. The number of benzene rings is 2. The minimum absolute atomic E-state index is 0.0168. The van der Waals surface area contributed by atoms with Crippen molar-refractivity contribution in [3.63, 3.8) is 0 Å². The van der Waals surface area contributed by atoms with Crippen molar-refractivity contribution in [1.29, 1.82) is 0 Å². The summed E-state index contributed by atoms with van der Waals surface area (Å²) in [6.45, 7) is 3.65. The van der Waals surface area contributed by atoms with Crippen molar-refractivity contribution < 1.29 is 9.59 Å². The van der Waals surface area contributed by atoms with Crippen LogP contribution in [0.25, 0.3) is 0 Å². The van der Waals surface area contributed by atoms with Crippen molar-refractivity contribution in [2.45, 2.75) is 37.3 Å².